The molecule has 0 atom stereocenters. The van der Waals surface area contributed by atoms with Crippen LogP contribution in [0, 0.1) is 12.8 Å². The first-order valence-electron chi connectivity index (χ1n) is 5.08. The fourth-order valence-electron chi connectivity index (χ4n) is 1.97. The van der Waals surface area contributed by atoms with Gasteiger partial charge in [0.2, 0.25) is 0 Å². The van der Waals surface area contributed by atoms with E-state index in [1.165, 1.54) is 5.69 Å². The van der Waals surface area contributed by atoms with Crippen molar-refractivity contribution in [3.63, 3.8) is 0 Å². The Morgan fingerprint density at radius 2 is 2.20 bits per heavy atom. The molecule has 1 fully saturated rings. The van der Waals surface area contributed by atoms with Crippen LogP contribution >= 0.6 is 27.5 Å². The maximum absolute atomic E-state index is 5.78. The lowest BCUT2D eigenvalue weighted by molar-refractivity contribution is 0.104. The standard InChI is InChI=1S/C10H15BrClN3/c1-7-10(11)9(14(2)13-7)6-15-4-8(3-12)5-15/h8H,3-6H2,1-2H3. The number of alkyl halides is 1. The Morgan fingerprint density at radius 1 is 1.53 bits per heavy atom. The minimum atomic E-state index is 0.680. The molecule has 0 radical (unpaired) electrons. The van der Waals surface area contributed by atoms with Gasteiger partial charge in [0.05, 0.1) is 15.9 Å². The molecule has 1 aromatic heterocycles. The monoisotopic (exact) mass is 291 g/mol. The van der Waals surface area contributed by atoms with Crippen molar-refractivity contribution in [2.75, 3.05) is 19.0 Å². The highest BCUT2D eigenvalue weighted by Crippen LogP contribution is 2.25. The van der Waals surface area contributed by atoms with Crippen LogP contribution in [-0.2, 0) is 13.6 Å². The number of halogens is 2. The van der Waals surface area contributed by atoms with E-state index in [0.29, 0.717) is 5.92 Å². The van der Waals surface area contributed by atoms with Crippen LogP contribution in [0.1, 0.15) is 11.4 Å². The van der Waals surface area contributed by atoms with Crippen molar-refractivity contribution in [2.45, 2.75) is 13.5 Å². The number of hydrogen-bond acceptors (Lipinski definition) is 2. The Morgan fingerprint density at radius 3 is 2.67 bits per heavy atom. The Kier molecular flexibility index (Phi) is 3.38. The van der Waals surface area contributed by atoms with Crippen LogP contribution < -0.4 is 0 Å². The predicted octanol–water partition coefficient (Wildman–Crippen LogP) is 2.16. The fraction of sp³-hybridized carbons (Fsp3) is 0.700. The van der Waals surface area contributed by atoms with Crippen molar-refractivity contribution in [3.05, 3.63) is 15.9 Å². The molecule has 0 spiro atoms. The molecular weight excluding hydrogens is 277 g/mol. The van der Waals surface area contributed by atoms with Crippen molar-refractivity contribution >= 4 is 27.5 Å². The van der Waals surface area contributed by atoms with E-state index in [1.54, 1.807) is 0 Å². The Balaban J connectivity index is 2.00. The summed E-state index contributed by atoms with van der Waals surface area (Å²) < 4.78 is 3.09. The summed E-state index contributed by atoms with van der Waals surface area (Å²) in [5.74, 6) is 1.46. The van der Waals surface area contributed by atoms with Gasteiger partial charge in [-0.15, -0.1) is 11.6 Å². The van der Waals surface area contributed by atoms with Gasteiger partial charge < -0.3 is 0 Å². The van der Waals surface area contributed by atoms with Crippen LogP contribution in [0.3, 0.4) is 0 Å². The van der Waals surface area contributed by atoms with Crippen molar-refractivity contribution < 1.29 is 0 Å². The summed E-state index contributed by atoms with van der Waals surface area (Å²) in [5.41, 5.74) is 2.31. The first-order valence-corrected chi connectivity index (χ1v) is 6.41. The molecule has 5 heteroatoms. The van der Waals surface area contributed by atoms with Gasteiger partial charge in [-0.05, 0) is 28.8 Å². The molecule has 0 N–H and O–H groups in total. The topological polar surface area (TPSA) is 21.1 Å². The molecule has 1 aliphatic heterocycles. The van der Waals surface area contributed by atoms with Crippen LogP contribution in [0.2, 0.25) is 0 Å². The Bertz CT molecular complexity index is 358. The number of rotatable bonds is 3. The average molecular weight is 293 g/mol. The number of hydrogen-bond donors (Lipinski definition) is 0. The summed E-state index contributed by atoms with van der Waals surface area (Å²) in [6, 6.07) is 0. The molecule has 2 rings (SSSR count). The maximum atomic E-state index is 5.78. The highest BCUT2D eigenvalue weighted by atomic mass is 79.9. The average Bonchev–Trinajstić information content (AvgIpc) is 2.36. The number of nitrogens with zero attached hydrogens (tertiary/aromatic N) is 3. The molecule has 1 aromatic rings. The van der Waals surface area contributed by atoms with E-state index in [-0.39, 0.29) is 0 Å². The molecule has 15 heavy (non-hydrogen) atoms. The quantitative estimate of drug-likeness (QED) is 0.796. The molecule has 3 nitrogen and oxygen atoms in total. The fourth-order valence-corrected chi connectivity index (χ4v) is 2.62. The van der Waals surface area contributed by atoms with Gasteiger partial charge in [-0.2, -0.15) is 5.10 Å². The molecule has 84 valence electrons. The zero-order valence-electron chi connectivity index (χ0n) is 9.00. The molecule has 0 aliphatic carbocycles. The van der Waals surface area contributed by atoms with Gasteiger partial charge in [0.25, 0.3) is 0 Å². The minimum Gasteiger partial charge on any atom is -0.297 e. The van der Waals surface area contributed by atoms with Crippen molar-refractivity contribution in [1.29, 1.82) is 0 Å². The normalized spacial score (nSPS) is 18.1. The predicted molar refractivity (Wildman–Crippen MR) is 65.1 cm³/mol. The van der Waals surface area contributed by atoms with Crippen LogP contribution in [0.25, 0.3) is 0 Å². The van der Waals surface area contributed by atoms with Crippen molar-refractivity contribution in [3.8, 4) is 0 Å². The van der Waals surface area contributed by atoms with Gasteiger partial charge in [-0.25, -0.2) is 0 Å². The summed E-state index contributed by atoms with van der Waals surface area (Å²) in [6.07, 6.45) is 0. The van der Waals surface area contributed by atoms with E-state index in [2.05, 4.69) is 25.9 Å². The van der Waals surface area contributed by atoms with E-state index in [0.717, 1.165) is 35.7 Å². The third-order valence-electron chi connectivity index (χ3n) is 2.89. The first-order chi connectivity index (χ1) is 7.11. The van der Waals surface area contributed by atoms with E-state index in [4.69, 9.17) is 11.6 Å². The molecule has 0 unspecified atom stereocenters. The smallest absolute Gasteiger partial charge is 0.0739 e. The maximum Gasteiger partial charge on any atom is 0.0739 e. The largest absolute Gasteiger partial charge is 0.297 e. The second-order valence-electron chi connectivity index (χ2n) is 4.18. The van der Waals surface area contributed by atoms with Crippen molar-refractivity contribution in [1.82, 2.24) is 14.7 Å². The molecule has 0 bridgehead atoms. The minimum absolute atomic E-state index is 0.680. The van der Waals surface area contributed by atoms with E-state index < -0.39 is 0 Å². The number of likely N-dealkylation sites (tertiary alicyclic amines) is 1. The summed E-state index contributed by atoms with van der Waals surface area (Å²) >= 11 is 9.36. The van der Waals surface area contributed by atoms with Crippen molar-refractivity contribution in [2.24, 2.45) is 13.0 Å². The number of aryl methyl sites for hydroxylation is 2. The van der Waals surface area contributed by atoms with Crippen LogP contribution in [0.15, 0.2) is 4.47 Å². The van der Waals surface area contributed by atoms with Crippen LogP contribution in [-0.4, -0.2) is 33.6 Å². The highest BCUT2D eigenvalue weighted by molar-refractivity contribution is 9.10. The van der Waals surface area contributed by atoms with Gasteiger partial charge in [0.1, 0.15) is 0 Å². The first kappa shape index (κ1) is 11.4. The summed E-state index contributed by atoms with van der Waals surface area (Å²) in [6.45, 7) is 5.21. The van der Waals surface area contributed by atoms with Crippen LogP contribution in [0.5, 0.6) is 0 Å². The second kappa shape index (κ2) is 4.44. The summed E-state index contributed by atoms with van der Waals surface area (Å²) in [7, 11) is 1.99. The van der Waals surface area contributed by atoms with Gasteiger partial charge in [0, 0.05) is 32.6 Å². The molecular formula is C10H15BrClN3. The third kappa shape index (κ3) is 2.22. The number of aromatic nitrogens is 2. The third-order valence-corrected chi connectivity index (χ3v) is 4.35. The van der Waals surface area contributed by atoms with E-state index in [9.17, 15) is 0 Å². The van der Waals surface area contributed by atoms with Gasteiger partial charge in [-0.3, -0.25) is 9.58 Å². The lowest BCUT2D eigenvalue weighted by Gasteiger charge is -2.38. The lowest BCUT2D eigenvalue weighted by atomic mass is 10.0. The molecule has 1 saturated heterocycles. The summed E-state index contributed by atoms with van der Waals surface area (Å²) in [4.78, 5) is 2.40. The molecule has 1 aliphatic rings. The van der Waals surface area contributed by atoms with E-state index in [1.807, 2.05) is 18.7 Å². The SMILES string of the molecule is Cc1nn(C)c(CN2CC(CCl)C2)c1Br. The lowest BCUT2D eigenvalue weighted by Crippen LogP contribution is -2.47. The second-order valence-corrected chi connectivity index (χ2v) is 5.29. The molecule has 0 saturated carbocycles. The zero-order valence-corrected chi connectivity index (χ0v) is 11.3. The molecule has 2 heterocycles. The van der Waals surface area contributed by atoms with Gasteiger partial charge in [-0.1, -0.05) is 0 Å². The Hall–Kier alpha value is -0.0600. The summed E-state index contributed by atoms with van der Waals surface area (Å²) in [5, 5.41) is 4.38. The zero-order chi connectivity index (χ0) is 11.0. The van der Waals surface area contributed by atoms with E-state index >= 15 is 0 Å². The van der Waals surface area contributed by atoms with Gasteiger partial charge in [0.15, 0.2) is 0 Å². The highest BCUT2D eigenvalue weighted by Gasteiger charge is 2.27. The van der Waals surface area contributed by atoms with Gasteiger partial charge >= 0.3 is 0 Å². The van der Waals surface area contributed by atoms with Crippen LogP contribution in [0.4, 0.5) is 0 Å². The molecule has 0 aromatic carbocycles. The Labute approximate surface area is 104 Å². The molecule has 0 amide bonds.